The zero-order chi connectivity index (χ0) is 14.9. The molecule has 1 fully saturated rings. The summed E-state index contributed by atoms with van der Waals surface area (Å²) in [6, 6.07) is 10.6. The van der Waals surface area contributed by atoms with Gasteiger partial charge >= 0.3 is 0 Å². The van der Waals surface area contributed by atoms with Gasteiger partial charge in [0.1, 0.15) is 11.9 Å². The van der Waals surface area contributed by atoms with Crippen LogP contribution in [0.3, 0.4) is 0 Å². The number of hydrogen-bond donors (Lipinski definition) is 0. The summed E-state index contributed by atoms with van der Waals surface area (Å²) in [5.41, 5.74) is 1.30. The van der Waals surface area contributed by atoms with Crippen molar-refractivity contribution in [2.24, 2.45) is 0 Å². The molecule has 0 aliphatic carbocycles. The molecule has 0 N–H and O–H groups in total. The lowest BCUT2D eigenvalue weighted by atomic mass is 10.1. The largest absolute Gasteiger partial charge is 0.500 e. The van der Waals surface area contributed by atoms with E-state index in [0.717, 1.165) is 18.8 Å². The molecule has 4 nitrogen and oxygen atoms in total. The fourth-order valence-corrected chi connectivity index (χ4v) is 3.10. The van der Waals surface area contributed by atoms with E-state index in [9.17, 15) is 0 Å². The molecule has 1 aromatic carbocycles. The Labute approximate surface area is 126 Å². The third kappa shape index (κ3) is 3.12. The standard InChI is InChI=1S/C17H23NO3/c1-17(2)20-12-15(21-17)16-14(19-3)9-10-18(16)11-13-7-5-4-6-8-13/h4-9,15-16H,10-12H2,1-3H3/t15-,16+/m1/s1. The predicted molar refractivity (Wildman–Crippen MR) is 80.6 cm³/mol. The Morgan fingerprint density at radius 3 is 2.67 bits per heavy atom. The zero-order valence-electron chi connectivity index (χ0n) is 12.9. The van der Waals surface area contributed by atoms with Gasteiger partial charge in [0.05, 0.1) is 19.8 Å². The van der Waals surface area contributed by atoms with E-state index in [-0.39, 0.29) is 12.1 Å². The van der Waals surface area contributed by atoms with Crippen LogP contribution in [0.5, 0.6) is 0 Å². The van der Waals surface area contributed by atoms with E-state index in [1.54, 1.807) is 7.11 Å². The Balaban J connectivity index is 1.75. The van der Waals surface area contributed by atoms with Crippen LogP contribution in [-0.4, -0.2) is 43.1 Å². The first kappa shape index (κ1) is 14.6. The van der Waals surface area contributed by atoms with Crippen molar-refractivity contribution >= 4 is 0 Å². The number of hydrogen-bond acceptors (Lipinski definition) is 4. The van der Waals surface area contributed by atoms with Crippen LogP contribution in [0.15, 0.2) is 42.2 Å². The first-order chi connectivity index (χ1) is 10.1. The summed E-state index contributed by atoms with van der Waals surface area (Å²) in [6.07, 6.45) is 2.15. The molecule has 2 aliphatic rings. The molecule has 4 heteroatoms. The SMILES string of the molecule is COC1=CCN(Cc2ccccc2)[C@@H]1[C@H]1COC(C)(C)O1. The molecule has 0 aromatic heterocycles. The topological polar surface area (TPSA) is 30.9 Å². The Bertz CT molecular complexity index is 512. The van der Waals surface area contributed by atoms with Gasteiger partial charge in [0, 0.05) is 13.1 Å². The van der Waals surface area contributed by atoms with E-state index < -0.39 is 5.79 Å². The van der Waals surface area contributed by atoms with Crippen LogP contribution in [0.25, 0.3) is 0 Å². The van der Waals surface area contributed by atoms with Gasteiger partial charge in [-0.2, -0.15) is 0 Å². The smallest absolute Gasteiger partial charge is 0.163 e. The van der Waals surface area contributed by atoms with E-state index in [2.05, 4.69) is 35.2 Å². The van der Waals surface area contributed by atoms with Crippen molar-refractivity contribution in [3.63, 3.8) is 0 Å². The maximum atomic E-state index is 6.05. The molecule has 0 radical (unpaired) electrons. The average molecular weight is 289 g/mol. The number of methoxy groups -OCH3 is 1. The minimum atomic E-state index is -0.509. The summed E-state index contributed by atoms with van der Waals surface area (Å²) in [5.74, 6) is 0.474. The highest BCUT2D eigenvalue weighted by Gasteiger charge is 2.43. The molecule has 0 spiro atoms. The maximum absolute atomic E-state index is 6.05. The summed E-state index contributed by atoms with van der Waals surface area (Å²) in [5, 5.41) is 0. The van der Waals surface area contributed by atoms with Crippen molar-refractivity contribution in [3.8, 4) is 0 Å². The molecule has 2 aliphatic heterocycles. The predicted octanol–water partition coefficient (Wildman–Crippen LogP) is 2.55. The van der Waals surface area contributed by atoms with Crippen molar-refractivity contribution in [3.05, 3.63) is 47.7 Å². The summed E-state index contributed by atoms with van der Waals surface area (Å²) in [6.45, 7) is 6.28. The number of nitrogens with zero attached hydrogens (tertiary/aromatic N) is 1. The van der Waals surface area contributed by atoms with Crippen molar-refractivity contribution < 1.29 is 14.2 Å². The molecule has 0 saturated carbocycles. The lowest BCUT2D eigenvalue weighted by Crippen LogP contribution is -2.43. The van der Waals surface area contributed by atoms with Gasteiger partial charge in [-0.15, -0.1) is 0 Å². The lowest BCUT2D eigenvalue weighted by molar-refractivity contribution is -0.145. The van der Waals surface area contributed by atoms with Gasteiger partial charge in [0.2, 0.25) is 0 Å². The highest BCUT2D eigenvalue weighted by molar-refractivity contribution is 5.20. The van der Waals surface area contributed by atoms with E-state index in [0.29, 0.717) is 6.61 Å². The fourth-order valence-electron chi connectivity index (χ4n) is 3.10. The molecule has 2 heterocycles. The van der Waals surface area contributed by atoms with E-state index in [4.69, 9.17) is 14.2 Å². The van der Waals surface area contributed by atoms with Crippen molar-refractivity contribution in [1.82, 2.24) is 4.90 Å². The van der Waals surface area contributed by atoms with Crippen LogP contribution in [0.4, 0.5) is 0 Å². The Hall–Kier alpha value is -1.36. The van der Waals surface area contributed by atoms with Crippen LogP contribution >= 0.6 is 0 Å². The first-order valence-corrected chi connectivity index (χ1v) is 7.43. The second kappa shape index (κ2) is 5.79. The van der Waals surface area contributed by atoms with Gasteiger partial charge in [-0.3, -0.25) is 4.90 Å². The van der Waals surface area contributed by atoms with E-state index in [1.807, 2.05) is 19.9 Å². The highest BCUT2D eigenvalue weighted by Crippen LogP contribution is 2.32. The van der Waals surface area contributed by atoms with E-state index in [1.165, 1.54) is 5.56 Å². The minimum absolute atomic E-state index is 0.0115. The van der Waals surface area contributed by atoms with Crippen LogP contribution in [0, 0.1) is 0 Å². The molecule has 114 valence electrons. The quantitative estimate of drug-likeness (QED) is 0.852. The molecule has 3 rings (SSSR count). The average Bonchev–Trinajstić information content (AvgIpc) is 3.02. The third-order valence-electron chi connectivity index (χ3n) is 4.06. The number of ether oxygens (including phenoxy) is 3. The molecular weight excluding hydrogens is 266 g/mol. The van der Waals surface area contributed by atoms with Gasteiger partial charge in [0.15, 0.2) is 5.79 Å². The first-order valence-electron chi connectivity index (χ1n) is 7.43. The van der Waals surface area contributed by atoms with Gasteiger partial charge in [-0.05, 0) is 25.5 Å². The lowest BCUT2D eigenvalue weighted by Gasteiger charge is -2.30. The van der Waals surface area contributed by atoms with Crippen LogP contribution in [0.2, 0.25) is 0 Å². The van der Waals surface area contributed by atoms with Gasteiger partial charge < -0.3 is 14.2 Å². The Morgan fingerprint density at radius 1 is 1.29 bits per heavy atom. The Morgan fingerprint density at radius 2 is 2.05 bits per heavy atom. The normalized spacial score (nSPS) is 28.6. The van der Waals surface area contributed by atoms with Gasteiger partial charge in [0.25, 0.3) is 0 Å². The van der Waals surface area contributed by atoms with Gasteiger partial charge in [-0.1, -0.05) is 30.3 Å². The van der Waals surface area contributed by atoms with Crippen LogP contribution in [0.1, 0.15) is 19.4 Å². The summed E-state index contributed by atoms with van der Waals surface area (Å²) in [7, 11) is 1.73. The van der Waals surface area contributed by atoms with E-state index >= 15 is 0 Å². The van der Waals surface area contributed by atoms with Crippen molar-refractivity contribution in [2.75, 3.05) is 20.3 Å². The molecule has 0 amide bonds. The zero-order valence-corrected chi connectivity index (χ0v) is 12.9. The van der Waals surface area contributed by atoms with Crippen molar-refractivity contribution in [2.45, 2.75) is 38.3 Å². The number of rotatable bonds is 4. The second-order valence-corrected chi connectivity index (χ2v) is 6.04. The van der Waals surface area contributed by atoms with Crippen LogP contribution < -0.4 is 0 Å². The highest BCUT2D eigenvalue weighted by atomic mass is 16.7. The summed E-state index contributed by atoms with van der Waals surface area (Å²) >= 11 is 0. The maximum Gasteiger partial charge on any atom is 0.163 e. The molecular formula is C17H23NO3. The molecule has 21 heavy (non-hydrogen) atoms. The molecule has 0 bridgehead atoms. The monoisotopic (exact) mass is 289 g/mol. The van der Waals surface area contributed by atoms with Crippen LogP contribution in [-0.2, 0) is 20.8 Å². The molecule has 1 saturated heterocycles. The fraction of sp³-hybridized carbons (Fsp3) is 0.529. The Kier molecular flexibility index (Phi) is 4.02. The van der Waals surface area contributed by atoms with Crippen molar-refractivity contribution in [1.29, 1.82) is 0 Å². The molecule has 1 aromatic rings. The minimum Gasteiger partial charge on any atom is -0.500 e. The molecule has 2 atom stereocenters. The molecule has 0 unspecified atom stereocenters. The summed E-state index contributed by atoms with van der Waals surface area (Å²) < 4.78 is 17.3. The second-order valence-electron chi connectivity index (χ2n) is 6.04. The number of benzene rings is 1. The summed E-state index contributed by atoms with van der Waals surface area (Å²) in [4.78, 5) is 2.38. The third-order valence-corrected chi connectivity index (χ3v) is 4.06. The van der Waals surface area contributed by atoms with Gasteiger partial charge in [-0.25, -0.2) is 0 Å².